The molecule has 8 nitrogen and oxygen atoms in total. The Kier molecular flexibility index (Phi) is 4.04. The van der Waals surface area contributed by atoms with Crippen molar-refractivity contribution in [2.24, 2.45) is 0 Å². The number of aryl methyl sites for hydroxylation is 1. The zero-order valence-electron chi connectivity index (χ0n) is 14.9. The molecular formula is C18H19N5O3S. The summed E-state index contributed by atoms with van der Waals surface area (Å²) in [5, 5.41) is 12.3. The van der Waals surface area contributed by atoms with Crippen molar-refractivity contribution in [2.75, 3.05) is 13.1 Å². The summed E-state index contributed by atoms with van der Waals surface area (Å²) in [4.78, 5) is 15.6. The lowest BCUT2D eigenvalue weighted by Gasteiger charge is -2.31. The van der Waals surface area contributed by atoms with Gasteiger partial charge in [0.2, 0.25) is 0 Å². The van der Waals surface area contributed by atoms with Gasteiger partial charge in [-0.25, -0.2) is 0 Å². The molecule has 1 saturated heterocycles. The van der Waals surface area contributed by atoms with Crippen LogP contribution in [0.15, 0.2) is 21.2 Å². The van der Waals surface area contributed by atoms with Crippen LogP contribution in [-0.4, -0.2) is 43.8 Å². The zero-order chi connectivity index (χ0) is 18.4. The molecule has 0 radical (unpaired) electrons. The van der Waals surface area contributed by atoms with E-state index in [1.54, 1.807) is 6.07 Å². The minimum absolute atomic E-state index is 0.0735. The predicted octanol–water partition coefficient (Wildman–Crippen LogP) is 3.39. The first-order valence-corrected chi connectivity index (χ1v) is 9.98. The van der Waals surface area contributed by atoms with Crippen LogP contribution in [0.1, 0.15) is 65.2 Å². The molecule has 3 aromatic rings. The van der Waals surface area contributed by atoms with Gasteiger partial charge >= 0.3 is 0 Å². The molecule has 0 bridgehead atoms. The third-order valence-electron chi connectivity index (χ3n) is 5.19. The van der Waals surface area contributed by atoms with E-state index in [0.717, 1.165) is 54.3 Å². The molecule has 27 heavy (non-hydrogen) atoms. The fraction of sp³-hybridized carbons (Fsp3) is 0.500. The first-order chi connectivity index (χ1) is 13.2. The molecule has 4 heterocycles. The summed E-state index contributed by atoms with van der Waals surface area (Å²) in [5.41, 5.74) is 2.11. The highest BCUT2D eigenvalue weighted by Gasteiger charge is 2.33. The number of rotatable bonds is 4. The van der Waals surface area contributed by atoms with Gasteiger partial charge < -0.3 is 13.9 Å². The smallest absolute Gasteiger partial charge is 0.276 e. The van der Waals surface area contributed by atoms with Crippen LogP contribution < -0.4 is 0 Å². The molecule has 0 aromatic carbocycles. The lowest BCUT2D eigenvalue weighted by atomic mass is 9.93. The summed E-state index contributed by atoms with van der Waals surface area (Å²) < 4.78 is 14.8. The van der Waals surface area contributed by atoms with Crippen LogP contribution >= 0.6 is 11.5 Å². The zero-order valence-corrected chi connectivity index (χ0v) is 15.7. The second-order valence-electron chi connectivity index (χ2n) is 7.30. The van der Waals surface area contributed by atoms with Crippen LogP contribution in [0.25, 0.3) is 10.6 Å². The first kappa shape index (κ1) is 16.6. The third-order valence-corrected chi connectivity index (χ3v) is 5.94. The SMILES string of the molecule is Cc1cc(-c2snnc2C2CCCN(C(=O)c3cc(C4CC4)on3)C2)on1. The molecule has 1 atom stereocenters. The fourth-order valence-electron chi connectivity index (χ4n) is 3.60. The van der Waals surface area contributed by atoms with Crippen molar-refractivity contribution in [3.05, 3.63) is 35.0 Å². The summed E-state index contributed by atoms with van der Waals surface area (Å²) in [5.74, 6) is 2.01. The number of carbonyl (C=O) groups is 1. The summed E-state index contributed by atoms with van der Waals surface area (Å²) in [6.07, 6.45) is 4.11. The molecular weight excluding hydrogens is 366 g/mol. The molecule has 0 spiro atoms. The van der Waals surface area contributed by atoms with E-state index >= 15 is 0 Å². The normalized spacial score (nSPS) is 20.2. The minimum atomic E-state index is -0.0735. The Bertz CT molecular complexity index is 973. The van der Waals surface area contributed by atoms with Gasteiger partial charge in [0.1, 0.15) is 10.6 Å². The Balaban J connectivity index is 1.35. The monoisotopic (exact) mass is 385 g/mol. The highest BCUT2D eigenvalue weighted by molar-refractivity contribution is 7.09. The van der Waals surface area contributed by atoms with E-state index in [4.69, 9.17) is 9.05 Å². The van der Waals surface area contributed by atoms with E-state index < -0.39 is 0 Å². The maximum atomic E-state index is 12.9. The Morgan fingerprint density at radius 2 is 2.07 bits per heavy atom. The quantitative estimate of drug-likeness (QED) is 0.679. The van der Waals surface area contributed by atoms with Crippen LogP contribution in [-0.2, 0) is 0 Å². The summed E-state index contributed by atoms with van der Waals surface area (Å²) >= 11 is 1.30. The van der Waals surface area contributed by atoms with Gasteiger partial charge in [0.15, 0.2) is 11.5 Å². The number of aromatic nitrogens is 4. The second kappa shape index (κ2) is 6.56. The molecule has 3 aromatic heterocycles. The molecule has 5 rings (SSSR count). The Hall–Kier alpha value is -2.55. The molecule has 2 aliphatic rings. The molecule has 1 amide bonds. The van der Waals surface area contributed by atoms with Crippen molar-refractivity contribution in [3.8, 4) is 10.6 Å². The van der Waals surface area contributed by atoms with E-state index in [9.17, 15) is 4.79 Å². The highest BCUT2D eigenvalue weighted by atomic mass is 32.1. The van der Waals surface area contributed by atoms with Crippen molar-refractivity contribution in [1.82, 2.24) is 24.8 Å². The van der Waals surface area contributed by atoms with E-state index in [0.29, 0.717) is 23.9 Å². The van der Waals surface area contributed by atoms with E-state index in [1.807, 2.05) is 17.9 Å². The highest BCUT2D eigenvalue weighted by Crippen LogP contribution is 2.40. The molecule has 2 fully saturated rings. The Labute approximate surface area is 159 Å². The third kappa shape index (κ3) is 3.16. The van der Waals surface area contributed by atoms with Crippen molar-refractivity contribution >= 4 is 17.4 Å². The number of likely N-dealkylation sites (tertiary alicyclic amines) is 1. The van der Waals surface area contributed by atoms with Gasteiger partial charge in [0.25, 0.3) is 5.91 Å². The summed E-state index contributed by atoms with van der Waals surface area (Å²) in [7, 11) is 0. The summed E-state index contributed by atoms with van der Waals surface area (Å²) in [6.45, 7) is 3.20. The molecule has 1 aliphatic carbocycles. The number of hydrogen-bond acceptors (Lipinski definition) is 8. The number of hydrogen-bond donors (Lipinski definition) is 0. The maximum absolute atomic E-state index is 12.9. The van der Waals surface area contributed by atoms with Gasteiger partial charge in [-0.05, 0) is 44.1 Å². The molecule has 1 unspecified atom stereocenters. The molecule has 140 valence electrons. The topological polar surface area (TPSA) is 98.2 Å². The van der Waals surface area contributed by atoms with E-state index in [-0.39, 0.29) is 11.8 Å². The van der Waals surface area contributed by atoms with Crippen molar-refractivity contribution in [1.29, 1.82) is 0 Å². The van der Waals surface area contributed by atoms with Crippen molar-refractivity contribution < 1.29 is 13.8 Å². The average Bonchev–Trinajstić information content (AvgIpc) is 3.10. The van der Waals surface area contributed by atoms with Crippen LogP contribution in [0.2, 0.25) is 0 Å². The largest absolute Gasteiger partial charge is 0.360 e. The number of nitrogens with zero attached hydrogens (tertiary/aromatic N) is 5. The van der Waals surface area contributed by atoms with Gasteiger partial charge in [-0.1, -0.05) is 14.8 Å². The first-order valence-electron chi connectivity index (χ1n) is 9.21. The molecule has 1 saturated carbocycles. The van der Waals surface area contributed by atoms with E-state index in [2.05, 4.69) is 19.9 Å². The van der Waals surface area contributed by atoms with Crippen LogP contribution in [0.4, 0.5) is 0 Å². The number of carbonyl (C=O) groups excluding carboxylic acids is 1. The average molecular weight is 385 g/mol. The molecule has 0 N–H and O–H groups in total. The maximum Gasteiger partial charge on any atom is 0.276 e. The predicted molar refractivity (Wildman–Crippen MR) is 96.5 cm³/mol. The van der Waals surface area contributed by atoms with Crippen LogP contribution in [0.5, 0.6) is 0 Å². The minimum Gasteiger partial charge on any atom is -0.360 e. The number of amides is 1. The van der Waals surface area contributed by atoms with Crippen molar-refractivity contribution in [2.45, 2.75) is 44.4 Å². The van der Waals surface area contributed by atoms with Gasteiger partial charge in [-0.3, -0.25) is 4.79 Å². The van der Waals surface area contributed by atoms with Crippen molar-refractivity contribution in [3.63, 3.8) is 0 Å². The van der Waals surface area contributed by atoms with Gasteiger partial charge in [-0.15, -0.1) is 5.10 Å². The van der Waals surface area contributed by atoms with Crippen LogP contribution in [0, 0.1) is 6.92 Å². The second-order valence-corrected chi connectivity index (χ2v) is 8.05. The number of piperidine rings is 1. The fourth-order valence-corrected chi connectivity index (χ4v) is 4.30. The van der Waals surface area contributed by atoms with Gasteiger partial charge in [0.05, 0.1) is 11.4 Å². The van der Waals surface area contributed by atoms with Gasteiger partial charge in [-0.2, -0.15) is 0 Å². The Morgan fingerprint density at radius 1 is 1.19 bits per heavy atom. The lowest BCUT2D eigenvalue weighted by molar-refractivity contribution is 0.0695. The molecule has 9 heteroatoms. The lowest BCUT2D eigenvalue weighted by Crippen LogP contribution is -2.39. The van der Waals surface area contributed by atoms with E-state index in [1.165, 1.54) is 11.5 Å². The summed E-state index contributed by atoms with van der Waals surface area (Å²) in [6, 6.07) is 3.69. The van der Waals surface area contributed by atoms with Gasteiger partial charge in [0, 0.05) is 37.1 Å². The van der Waals surface area contributed by atoms with Crippen LogP contribution in [0.3, 0.4) is 0 Å². The Morgan fingerprint density at radius 3 is 2.85 bits per heavy atom. The standard InChI is InChI=1S/C18H19N5O3S/c1-10-7-15(26-20-10)17-16(19-22-27-17)12-3-2-6-23(9-12)18(24)13-8-14(25-21-13)11-4-5-11/h7-8,11-12H,2-6,9H2,1H3. The molecule has 1 aliphatic heterocycles.